The van der Waals surface area contributed by atoms with Crippen LogP contribution in [0.25, 0.3) is 56.7 Å². The second-order valence-corrected chi connectivity index (χ2v) is 19.8. The lowest BCUT2D eigenvalue weighted by Crippen LogP contribution is -2.16. The first kappa shape index (κ1) is 42.9. The molecular weight excluding hydrogens is 845 g/mol. The normalized spacial score (nSPS) is 13.6. The van der Waals surface area contributed by atoms with Gasteiger partial charge in [0.2, 0.25) is 0 Å². The van der Waals surface area contributed by atoms with Crippen LogP contribution in [0.2, 0.25) is 0 Å². The summed E-state index contributed by atoms with van der Waals surface area (Å²) in [7, 11) is 0. The van der Waals surface area contributed by atoms with Gasteiger partial charge in [0.1, 0.15) is 0 Å². The molecule has 0 bridgehead atoms. The van der Waals surface area contributed by atoms with Crippen LogP contribution in [0.15, 0.2) is 243 Å². The van der Waals surface area contributed by atoms with Crippen molar-refractivity contribution in [1.29, 1.82) is 0 Å². The van der Waals surface area contributed by atoms with Crippen LogP contribution >= 0.6 is 0 Å². The zero-order valence-corrected chi connectivity index (χ0v) is 40.1. The summed E-state index contributed by atoms with van der Waals surface area (Å²) in [6, 6.07) is 88.6. The van der Waals surface area contributed by atoms with Crippen LogP contribution < -0.4 is 9.80 Å². The summed E-state index contributed by atoms with van der Waals surface area (Å²) in [6.07, 6.45) is 4.58. The van der Waals surface area contributed by atoms with Gasteiger partial charge in [-0.2, -0.15) is 0 Å². The lowest BCUT2D eigenvalue weighted by Gasteiger charge is -2.28. The van der Waals surface area contributed by atoms with Crippen molar-refractivity contribution in [2.75, 3.05) is 9.80 Å². The van der Waals surface area contributed by atoms with Crippen LogP contribution in [0.1, 0.15) is 61.1 Å². The van der Waals surface area contributed by atoms with E-state index in [-0.39, 0.29) is 10.8 Å². The second-order valence-electron chi connectivity index (χ2n) is 19.8. The third kappa shape index (κ3) is 7.54. The predicted molar refractivity (Wildman–Crippen MR) is 297 cm³/mol. The number of fused-ring (bicyclic) bond motifs is 6. The summed E-state index contributed by atoms with van der Waals surface area (Å²) < 4.78 is 0. The fourth-order valence-electron chi connectivity index (χ4n) is 11.1. The minimum atomic E-state index is -0.187. The fourth-order valence-corrected chi connectivity index (χ4v) is 11.1. The quantitative estimate of drug-likeness (QED) is 0.126. The molecule has 2 heteroatoms. The number of hydrogen-bond acceptors (Lipinski definition) is 2. The highest BCUT2D eigenvalue weighted by Gasteiger charge is 2.38. The van der Waals surface area contributed by atoms with E-state index in [0.29, 0.717) is 0 Å². The summed E-state index contributed by atoms with van der Waals surface area (Å²) in [5, 5.41) is 0. The highest BCUT2D eigenvalue weighted by Crippen LogP contribution is 2.53. The van der Waals surface area contributed by atoms with E-state index in [2.05, 4.69) is 292 Å². The standard InChI is InChI=1S/C68H54N2/c1-67(2)63-43-47(27-39-59(63)61-41-37-57(45-65(61)67)69(53-21-13-7-14-22-53)55-33-29-51(30-34-55)49-17-9-5-10-18-49)25-26-48-28-40-60-62-42-38-58(46-66(62)68(3,4)64(60)44-48)70(54-23-15-8-16-24-54)56-35-31-52(32-36-56)50-19-11-6-12-20-50/h5-46H,1-4H3/b26-25+. The van der Waals surface area contributed by atoms with Gasteiger partial charge in [0.15, 0.2) is 0 Å². The Hall–Kier alpha value is -8.46. The molecule has 10 aromatic rings. The molecule has 0 fully saturated rings. The van der Waals surface area contributed by atoms with E-state index in [4.69, 9.17) is 0 Å². The van der Waals surface area contributed by atoms with E-state index < -0.39 is 0 Å². The number of nitrogens with zero attached hydrogens (tertiary/aromatic N) is 2. The molecule has 0 atom stereocenters. The van der Waals surface area contributed by atoms with Gasteiger partial charge in [-0.1, -0.05) is 210 Å². The highest BCUT2D eigenvalue weighted by atomic mass is 15.1. The molecule has 0 aliphatic heterocycles. The molecule has 336 valence electrons. The Balaban J connectivity index is 0.817. The van der Waals surface area contributed by atoms with Crippen LogP contribution in [0.3, 0.4) is 0 Å². The summed E-state index contributed by atoms with van der Waals surface area (Å²) in [4.78, 5) is 4.76. The van der Waals surface area contributed by atoms with Crippen molar-refractivity contribution in [3.8, 4) is 44.5 Å². The molecule has 0 heterocycles. The second kappa shape index (κ2) is 17.3. The number of rotatable bonds is 10. The molecular formula is C68H54N2. The molecule has 0 saturated carbocycles. The van der Waals surface area contributed by atoms with Crippen molar-refractivity contribution < 1.29 is 0 Å². The largest absolute Gasteiger partial charge is 0.310 e. The van der Waals surface area contributed by atoms with E-state index in [0.717, 1.165) is 34.1 Å². The third-order valence-corrected chi connectivity index (χ3v) is 14.8. The van der Waals surface area contributed by atoms with E-state index in [9.17, 15) is 0 Å². The van der Waals surface area contributed by atoms with Gasteiger partial charge in [-0.05, 0) is 151 Å². The monoisotopic (exact) mass is 898 g/mol. The molecule has 12 rings (SSSR count). The predicted octanol–water partition coefficient (Wildman–Crippen LogP) is 18.7. The van der Waals surface area contributed by atoms with E-state index in [1.54, 1.807) is 0 Å². The number of hydrogen-bond donors (Lipinski definition) is 0. The maximum Gasteiger partial charge on any atom is 0.0465 e. The average Bonchev–Trinajstić information content (AvgIpc) is 3.77. The Morgan fingerprint density at radius 2 is 0.529 bits per heavy atom. The van der Waals surface area contributed by atoms with Crippen LogP contribution in [0.4, 0.5) is 34.1 Å². The minimum absolute atomic E-state index is 0.187. The fraction of sp³-hybridized carbons (Fsp3) is 0.0882. The molecule has 0 spiro atoms. The lowest BCUT2D eigenvalue weighted by molar-refractivity contribution is 0.660. The van der Waals surface area contributed by atoms with Gasteiger partial charge >= 0.3 is 0 Å². The van der Waals surface area contributed by atoms with Gasteiger partial charge in [-0.3, -0.25) is 0 Å². The van der Waals surface area contributed by atoms with Gasteiger partial charge < -0.3 is 9.80 Å². The van der Waals surface area contributed by atoms with Crippen LogP contribution in [0.5, 0.6) is 0 Å². The maximum absolute atomic E-state index is 2.42. The van der Waals surface area contributed by atoms with Crippen molar-refractivity contribution >= 4 is 46.3 Å². The minimum Gasteiger partial charge on any atom is -0.310 e. The van der Waals surface area contributed by atoms with Gasteiger partial charge in [0.25, 0.3) is 0 Å². The molecule has 2 aliphatic carbocycles. The summed E-state index contributed by atoms with van der Waals surface area (Å²) in [5.74, 6) is 0. The SMILES string of the molecule is CC1(C)c2cc(/C=C/c3ccc4c(c3)C(C)(C)c3cc(N(c5ccccc5)c5ccc(-c6ccccc6)cc5)ccc3-4)ccc2-c2ccc(N(c3ccccc3)c3ccc(-c4ccccc4)cc3)cc21. The molecule has 0 radical (unpaired) electrons. The Bertz CT molecular complexity index is 3310. The van der Waals surface area contributed by atoms with Crippen molar-refractivity contribution in [2.45, 2.75) is 38.5 Å². The Labute approximate surface area is 413 Å². The number of para-hydroxylation sites is 2. The van der Waals surface area contributed by atoms with E-state index in [1.807, 2.05) is 0 Å². The zero-order chi connectivity index (χ0) is 47.4. The van der Waals surface area contributed by atoms with E-state index in [1.165, 1.54) is 77.9 Å². The first-order valence-corrected chi connectivity index (χ1v) is 24.5. The van der Waals surface area contributed by atoms with Crippen LogP contribution in [-0.4, -0.2) is 0 Å². The lowest BCUT2D eigenvalue weighted by atomic mass is 9.81. The topological polar surface area (TPSA) is 6.48 Å². The first-order chi connectivity index (χ1) is 34.2. The van der Waals surface area contributed by atoms with E-state index >= 15 is 0 Å². The molecule has 0 N–H and O–H groups in total. The maximum atomic E-state index is 2.42. The molecule has 70 heavy (non-hydrogen) atoms. The van der Waals surface area contributed by atoms with Crippen molar-refractivity contribution in [3.63, 3.8) is 0 Å². The molecule has 2 nitrogen and oxygen atoms in total. The molecule has 0 unspecified atom stereocenters. The Morgan fingerprint density at radius 3 is 0.886 bits per heavy atom. The summed E-state index contributed by atoms with van der Waals surface area (Å²) >= 11 is 0. The third-order valence-electron chi connectivity index (χ3n) is 14.8. The van der Waals surface area contributed by atoms with Gasteiger partial charge in [-0.15, -0.1) is 0 Å². The summed E-state index contributed by atoms with van der Waals surface area (Å²) in [5.41, 5.74) is 24.4. The Morgan fingerprint density at radius 1 is 0.257 bits per heavy atom. The van der Waals surface area contributed by atoms with Gasteiger partial charge in [-0.25, -0.2) is 0 Å². The zero-order valence-electron chi connectivity index (χ0n) is 40.1. The van der Waals surface area contributed by atoms with Gasteiger partial charge in [0, 0.05) is 45.0 Å². The van der Waals surface area contributed by atoms with Crippen LogP contribution in [0, 0.1) is 0 Å². The molecule has 2 aliphatic rings. The highest BCUT2D eigenvalue weighted by molar-refractivity contribution is 5.89. The smallest absolute Gasteiger partial charge is 0.0465 e. The van der Waals surface area contributed by atoms with Crippen molar-refractivity contribution in [2.24, 2.45) is 0 Å². The summed E-state index contributed by atoms with van der Waals surface area (Å²) in [6.45, 7) is 9.51. The van der Waals surface area contributed by atoms with Crippen LogP contribution in [-0.2, 0) is 10.8 Å². The molecule has 10 aromatic carbocycles. The van der Waals surface area contributed by atoms with Crippen molar-refractivity contribution in [3.05, 3.63) is 276 Å². The average molecular weight is 899 g/mol. The number of anilines is 6. The first-order valence-electron chi connectivity index (χ1n) is 24.5. The Kier molecular flexibility index (Phi) is 10.6. The molecule has 0 aromatic heterocycles. The van der Waals surface area contributed by atoms with Gasteiger partial charge in [0.05, 0.1) is 0 Å². The molecule has 0 saturated heterocycles. The molecule has 0 amide bonds. The van der Waals surface area contributed by atoms with Crippen molar-refractivity contribution in [1.82, 2.24) is 0 Å². The number of benzene rings is 10.